The SMILES string of the molecule is Cc1cccc(-c2nnc3cncc(Cl)n23)c1I. The predicted octanol–water partition coefficient (Wildman–Crippen LogP) is 3.36. The Morgan fingerprint density at radius 2 is 2.06 bits per heavy atom. The van der Waals surface area contributed by atoms with Gasteiger partial charge >= 0.3 is 0 Å². The average molecular weight is 371 g/mol. The Hall–Kier alpha value is -1.21. The lowest BCUT2D eigenvalue weighted by molar-refractivity contribution is 1.11. The number of nitrogens with zero attached hydrogens (tertiary/aromatic N) is 4. The molecule has 0 radical (unpaired) electrons. The summed E-state index contributed by atoms with van der Waals surface area (Å²) in [5.74, 6) is 0.741. The van der Waals surface area contributed by atoms with Gasteiger partial charge in [0, 0.05) is 9.13 Å². The number of hydrogen-bond donors (Lipinski definition) is 0. The zero-order chi connectivity index (χ0) is 12.7. The van der Waals surface area contributed by atoms with Crippen molar-refractivity contribution in [3.8, 4) is 11.4 Å². The van der Waals surface area contributed by atoms with Gasteiger partial charge in [0.1, 0.15) is 5.15 Å². The molecule has 0 atom stereocenters. The van der Waals surface area contributed by atoms with Gasteiger partial charge in [0.05, 0.1) is 12.4 Å². The summed E-state index contributed by atoms with van der Waals surface area (Å²) in [6.07, 6.45) is 3.23. The van der Waals surface area contributed by atoms with E-state index in [1.807, 2.05) is 12.1 Å². The maximum Gasteiger partial charge on any atom is 0.180 e. The summed E-state index contributed by atoms with van der Waals surface area (Å²) in [7, 11) is 0. The van der Waals surface area contributed by atoms with Gasteiger partial charge in [-0.15, -0.1) is 10.2 Å². The highest BCUT2D eigenvalue weighted by Gasteiger charge is 2.14. The van der Waals surface area contributed by atoms with Gasteiger partial charge in [-0.05, 0) is 35.1 Å². The molecular formula is C12H8ClIN4. The van der Waals surface area contributed by atoms with E-state index in [4.69, 9.17) is 11.6 Å². The third-order valence-corrected chi connectivity index (χ3v) is 4.40. The molecule has 0 aliphatic carbocycles. The molecular weight excluding hydrogens is 363 g/mol. The monoisotopic (exact) mass is 370 g/mol. The van der Waals surface area contributed by atoms with Crippen LogP contribution in [0.3, 0.4) is 0 Å². The maximum absolute atomic E-state index is 6.16. The van der Waals surface area contributed by atoms with Crippen LogP contribution in [-0.2, 0) is 0 Å². The topological polar surface area (TPSA) is 43.1 Å². The van der Waals surface area contributed by atoms with E-state index in [2.05, 4.69) is 50.8 Å². The van der Waals surface area contributed by atoms with Crippen LogP contribution in [0.25, 0.3) is 17.0 Å². The molecule has 0 amide bonds. The number of rotatable bonds is 1. The van der Waals surface area contributed by atoms with Crippen LogP contribution in [0.4, 0.5) is 0 Å². The van der Waals surface area contributed by atoms with Crippen LogP contribution in [0, 0.1) is 10.5 Å². The number of halogens is 2. The summed E-state index contributed by atoms with van der Waals surface area (Å²) in [5.41, 5.74) is 2.88. The summed E-state index contributed by atoms with van der Waals surface area (Å²) < 4.78 is 2.95. The van der Waals surface area contributed by atoms with Gasteiger partial charge in [0.15, 0.2) is 11.5 Å². The molecule has 0 N–H and O–H groups in total. The van der Waals surface area contributed by atoms with Gasteiger partial charge in [-0.25, -0.2) is 0 Å². The lowest BCUT2D eigenvalue weighted by Gasteiger charge is -2.06. The Morgan fingerprint density at radius 1 is 1.22 bits per heavy atom. The quantitative estimate of drug-likeness (QED) is 0.617. The van der Waals surface area contributed by atoms with E-state index in [0.29, 0.717) is 10.8 Å². The first-order valence-electron chi connectivity index (χ1n) is 5.28. The van der Waals surface area contributed by atoms with Gasteiger partial charge in [0.2, 0.25) is 0 Å². The molecule has 90 valence electrons. The Kier molecular flexibility index (Phi) is 2.95. The van der Waals surface area contributed by atoms with Crippen molar-refractivity contribution in [3.05, 3.63) is 44.9 Å². The highest BCUT2D eigenvalue weighted by molar-refractivity contribution is 14.1. The van der Waals surface area contributed by atoms with Crippen LogP contribution >= 0.6 is 34.2 Å². The summed E-state index contributed by atoms with van der Waals surface area (Å²) in [6, 6.07) is 6.09. The largest absolute Gasteiger partial charge is 0.262 e. The molecule has 18 heavy (non-hydrogen) atoms. The summed E-state index contributed by atoms with van der Waals surface area (Å²) in [6.45, 7) is 2.07. The molecule has 0 saturated heterocycles. The van der Waals surface area contributed by atoms with Gasteiger partial charge in [-0.3, -0.25) is 9.38 Å². The minimum absolute atomic E-state index is 0.504. The van der Waals surface area contributed by atoms with Gasteiger partial charge in [0.25, 0.3) is 0 Å². The Balaban J connectivity index is 2.36. The van der Waals surface area contributed by atoms with Crippen molar-refractivity contribution in [2.75, 3.05) is 0 Å². The Bertz CT molecular complexity index is 738. The highest BCUT2D eigenvalue weighted by Crippen LogP contribution is 2.27. The number of aromatic nitrogens is 4. The van der Waals surface area contributed by atoms with E-state index in [1.54, 1.807) is 16.8 Å². The van der Waals surface area contributed by atoms with Gasteiger partial charge in [-0.1, -0.05) is 29.8 Å². The van der Waals surface area contributed by atoms with Crippen LogP contribution in [-0.4, -0.2) is 19.6 Å². The molecule has 3 rings (SSSR count). The third kappa shape index (κ3) is 1.78. The highest BCUT2D eigenvalue weighted by atomic mass is 127. The van der Waals surface area contributed by atoms with Crippen LogP contribution in [0.1, 0.15) is 5.56 Å². The standard InChI is InChI=1S/C12H8ClIN4/c1-7-3-2-4-8(11(7)14)12-17-16-10-6-15-5-9(13)18(10)12/h2-6H,1H3. The molecule has 3 aromatic rings. The molecule has 1 aromatic carbocycles. The molecule has 4 nitrogen and oxygen atoms in total. The fourth-order valence-corrected chi connectivity index (χ4v) is 2.63. The molecule has 0 unspecified atom stereocenters. The summed E-state index contributed by atoms with van der Waals surface area (Å²) in [4.78, 5) is 4.00. The molecule has 6 heteroatoms. The van der Waals surface area contributed by atoms with E-state index in [-0.39, 0.29) is 0 Å². The smallest absolute Gasteiger partial charge is 0.180 e. The first-order valence-corrected chi connectivity index (χ1v) is 6.74. The van der Waals surface area contributed by atoms with Crippen molar-refractivity contribution in [2.45, 2.75) is 6.92 Å². The molecule has 0 fully saturated rings. The lowest BCUT2D eigenvalue weighted by Crippen LogP contribution is -1.95. The average Bonchev–Trinajstić information content (AvgIpc) is 2.78. The van der Waals surface area contributed by atoms with Crippen molar-refractivity contribution in [3.63, 3.8) is 0 Å². The van der Waals surface area contributed by atoms with Crippen LogP contribution < -0.4 is 0 Å². The second-order valence-corrected chi connectivity index (χ2v) is 5.35. The second kappa shape index (κ2) is 4.47. The van der Waals surface area contributed by atoms with Crippen LogP contribution in [0.5, 0.6) is 0 Å². The molecule has 0 saturated carbocycles. The van der Waals surface area contributed by atoms with E-state index in [0.717, 1.165) is 15.0 Å². The lowest BCUT2D eigenvalue weighted by atomic mass is 10.1. The summed E-state index contributed by atoms with van der Waals surface area (Å²) in [5, 5.41) is 8.81. The first kappa shape index (κ1) is 11.9. The summed E-state index contributed by atoms with van der Waals surface area (Å²) >= 11 is 8.47. The van der Waals surface area contributed by atoms with Crippen molar-refractivity contribution in [2.24, 2.45) is 0 Å². The predicted molar refractivity (Wildman–Crippen MR) is 78.7 cm³/mol. The van der Waals surface area contributed by atoms with Gasteiger partial charge in [-0.2, -0.15) is 0 Å². The van der Waals surface area contributed by atoms with Gasteiger partial charge < -0.3 is 0 Å². The third-order valence-electron chi connectivity index (χ3n) is 2.71. The first-order chi connectivity index (χ1) is 8.68. The fraction of sp³-hybridized carbons (Fsp3) is 0.0833. The Morgan fingerprint density at radius 3 is 2.89 bits per heavy atom. The van der Waals surface area contributed by atoms with E-state index in [9.17, 15) is 0 Å². The zero-order valence-corrected chi connectivity index (χ0v) is 12.3. The molecule has 0 aliphatic heterocycles. The van der Waals surface area contributed by atoms with Crippen LogP contribution in [0.2, 0.25) is 5.15 Å². The number of aryl methyl sites for hydroxylation is 1. The van der Waals surface area contributed by atoms with E-state index < -0.39 is 0 Å². The molecule has 0 aliphatic rings. The molecule has 2 heterocycles. The maximum atomic E-state index is 6.16. The number of benzene rings is 1. The molecule has 2 aromatic heterocycles. The van der Waals surface area contributed by atoms with Crippen molar-refractivity contribution in [1.29, 1.82) is 0 Å². The van der Waals surface area contributed by atoms with Crippen molar-refractivity contribution >= 4 is 39.8 Å². The minimum Gasteiger partial charge on any atom is -0.262 e. The van der Waals surface area contributed by atoms with Crippen LogP contribution in [0.15, 0.2) is 30.6 Å². The second-order valence-electron chi connectivity index (χ2n) is 3.88. The Labute approximate surface area is 122 Å². The van der Waals surface area contributed by atoms with E-state index >= 15 is 0 Å². The van der Waals surface area contributed by atoms with Crippen molar-refractivity contribution < 1.29 is 0 Å². The number of fused-ring (bicyclic) bond motifs is 1. The molecule has 0 bridgehead atoms. The fourth-order valence-electron chi connectivity index (χ4n) is 1.81. The van der Waals surface area contributed by atoms with Crippen molar-refractivity contribution in [1.82, 2.24) is 19.6 Å². The zero-order valence-electron chi connectivity index (χ0n) is 9.43. The van der Waals surface area contributed by atoms with E-state index in [1.165, 1.54) is 5.56 Å². The molecule has 0 spiro atoms. The number of hydrogen-bond acceptors (Lipinski definition) is 3. The normalized spacial score (nSPS) is 11.1. The minimum atomic E-state index is 0.504.